The largest absolute Gasteiger partial charge is 0.126 e. The van der Waals surface area contributed by atoms with Gasteiger partial charge in [-0.25, -0.2) is 0 Å². The number of benzene rings is 2. The van der Waals surface area contributed by atoms with Gasteiger partial charge in [-0.2, -0.15) is 0 Å². The highest BCUT2D eigenvalue weighted by atomic mass is 35.5. The predicted octanol–water partition coefficient (Wildman–Crippen LogP) is 5.87. The Balaban J connectivity index is 2.32. The highest BCUT2D eigenvalue weighted by Gasteiger charge is 2.16. The third-order valence-corrected chi connectivity index (χ3v) is 4.41. The van der Waals surface area contributed by atoms with Crippen molar-refractivity contribution in [1.29, 1.82) is 0 Å². The molecule has 100 valence electrons. The third-order valence-electron chi connectivity index (χ3n) is 3.33. The number of halogens is 3. The lowest BCUT2D eigenvalue weighted by molar-refractivity contribution is 0.760. The topological polar surface area (TPSA) is 0 Å². The smallest absolute Gasteiger partial charge is 0.0453 e. The second-order valence-electron chi connectivity index (χ2n) is 4.61. The van der Waals surface area contributed by atoms with Gasteiger partial charge in [0.05, 0.1) is 0 Å². The average molecular weight is 314 g/mol. The van der Waals surface area contributed by atoms with E-state index < -0.39 is 0 Å². The molecule has 1 atom stereocenters. The molecular weight excluding hydrogens is 299 g/mol. The van der Waals surface area contributed by atoms with Crippen LogP contribution in [0.2, 0.25) is 10.0 Å². The van der Waals surface area contributed by atoms with E-state index in [1.165, 1.54) is 11.1 Å². The Morgan fingerprint density at radius 1 is 0.947 bits per heavy atom. The lowest BCUT2D eigenvalue weighted by atomic mass is 9.90. The van der Waals surface area contributed by atoms with Gasteiger partial charge >= 0.3 is 0 Å². The summed E-state index contributed by atoms with van der Waals surface area (Å²) in [6, 6.07) is 13.9. The van der Waals surface area contributed by atoms with Gasteiger partial charge in [-0.15, -0.1) is 11.6 Å². The fourth-order valence-corrected chi connectivity index (χ4v) is 3.09. The first-order valence-electron chi connectivity index (χ1n) is 6.18. The van der Waals surface area contributed by atoms with Gasteiger partial charge in [0, 0.05) is 21.8 Å². The van der Waals surface area contributed by atoms with E-state index in [-0.39, 0.29) is 5.92 Å². The van der Waals surface area contributed by atoms with E-state index in [2.05, 4.69) is 19.1 Å². The van der Waals surface area contributed by atoms with E-state index in [0.29, 0.717) is 15.9 Å². The van der Waals surface area contributed by atoms with Crippen molar-refractivity contribution in [3.8, 4) is 0 Å². The highest BCUT2D eigenvalue weighted by Crippen LogP contribution is 2.32. The molecule has 0 aliphatic carbocycles. The van der Waals surface area contributed by atoms with Crippen LogP contribution in [0.15, 0.2) is 42.5 Å². The summed E-state index contributed by atoms with van der Waals surface area (Å²) in [7, 11) is 0. The Labute approximate surface area is 129 Å². The molecule has 0 heterocycles. The Hall–Kier alpha value is -0.690. The van der Waals surface area contributed by atoms with Gasteiger partial charge in [0.25, 0.3) is 0 Å². The highest BCUT2D eigenvalue weighted by molar-refractivity contribution is 6.36. The summed E-state index contributed by atoms with van der Waals surface area (Å²) in [6.07, 6.45) is 0.757. The molecule has 0 fully saturated rings. The fraction of sp³-hybridized carbons (Fsp3) is 0.250. The van der Waals surface area contributed by atoms with E-state index in [9.17, 15) is 0 Å². The van der Waals surface area contributed by atoms with Crippen LogP contribution >= 0.6 is 34.8 Å². The van der Waals surface area contributed by atoms with Crippen LogP contribution in [0.25, 0.3) is 0 Å². The van der Waals surface area contributed by atoms with Crippen molar-refractivity contribution >= 4 is 34.8 Å². The summed E-state index contributed by atoms with van der Waals surface area (Å²) in [5, 5.41) is 1.41. The van der Waals surface area contributed by atoms with Crippen molar-refractivity contribution in [3.05, 3.63) is 69.2 Å². The zero-order valence-corrected chi connectivity index (χ0v) is 12.9. The predicted molar refractivity (Wildman–Crippen MR) is 84.8 cm³/mol. The van der Waals surface area contributed by atoms with E-state index in [1.54, 1.807) is 0 Å². The van der Waals surface area contributed by atoms with E-state index >= 15 is 0 Å². The molecule has 2 rings (SSSR count). The lowest BCUT2D eigenvalue weighted by Gasteiger charge is -2.18. The molecule has 0 spiro atoms. The van der Waals surface area contributed by atoms with Crippen molar-refractivity contribution in [3.63, 3.8) is 0 Å². The minimum atomic E-state index is 0.222. The molecule has 0 aromatic heterocycles. The number of alkyl halides is 1. The molecule has 19 heavy (non-hydrogen) atoms. The number of aryl methyl sites for hydroxylation is 1. The van der Waals surface area contributed by atoms with E-state index in [0.717, 1.165) is 12.0 Å². The molecule has 0 aliphatic rings. The van der Waals surface area contributed by atoms with Gasteiger partial charge in [-0.3, -0.25) is 0 Å². The van der Waals surface area contributed by atoms with Crippen LogP contribution in [0.4, 0.5) is 0 Å². The Morgan fingerprint density at radius 3 is 2.16 bits per heavy atom. The normalized spacial score (nSPS) is 12.4. The molecule has 0 aliphatic heterocycles. The fourth-order valence-electron chi connectivity index (χ4n) is 2.27. The average Bonchev–Trinajstić information content (AvgIpc) is 2.40. The number of hydrogen-bond donors (Lipinski definition) is 0. The SMILES string of the molecule is Cc1ccccc1C(CCl)Cc1c(Cl)cccc1Cl. The minimum absolute atomic E-state index is 0.222. The molecule has 0 saturated carbocycles. The molecule has 3 heteroatoms. The molecule has 2 aromatic carbocycles. The standard InChI is InChI=1S/C16H15Cl3/c1-11-5-2-3-6-13(11)12(10-17)9-14-15(18)7-4-8-16(14)19/h2-8,12H,9-10H2,1H3. The number of rotatable bonds is 4. The minimum Gasteiger partial charge on any atom is -0.126 e. The summed E-state index contributed by atoms with van der Waals surface area (Å²) in [6.45, 7) is 2.10. The monoisotopic (exact) mass is 312 g/mol. The van der Waals surface area contributed by atoms with Crippen LogP contribution in [0.1, 0.15) is 22.6 Å². The van der Waals surface area contributed by atoms with Crippen molar-refractivity contribution in [2.45, 2.75) is 19.3 Å². The molecule has 0 amide bonds. The van der Waals surface area contributed by atoms with E-state index in [4.69, 9.17) is 34.8 Å². The van der Waals surface area contributed by atoms with Crippen LogP contribution in [-0.2, 0) is 6.42 Å². The van der Waals surface area contributed by atoms with Crippen LogP contribution in [0, 0.1) is 6.92 Å². The van der Waals surface area contributed by atoms with E-state index in [1.807, 2.05) is 30.3 Å². The van der Waals surface area contributed by atoms with Crippen molar-refractivity contribution < 1.29 is 0 Å². The molecule has 0 saturated heterocycles. The molecular formula is C16H15Cl3. The van der Waals surface area contributed by atoms with Crippen molar-refractivity contribution in [1.82, 2.24) is 0 Å². The first-order chi connectivity index (χ1) is 9.13. The van der Waals surface area contributed by atoms with Gasteiger partial charge in [-0.05, 0) is 42.2 Å². The summed E-state index contributed by atoms with van der Waals surface area (Å²) < 4.78 is 0. The summed E-state index contributed by atoms with van der Waals surface area (Å²) in [4.78, 5) is 0. The summed E-state index contributed by atoms with van der Waals surface area (Å²) in [5.41, 5.74) is 3.48. The molecule has 1 unspecified atom stereocenters. The third kappa shape index (κ3) is 3.45. The maximum absolute atomic E-state index is 6.23. The zero-order chi connectivity index (χ0) is 13.8. The molecule has 0 radical (unpaired) electrons. The summed E-state index contributed by atoms with van der Waals surface area (Å²) >= 11 is 18.6. The quantitative estimate of drug-likeness (QED) is 0.619. The molecule has 0 nitrogen and oxygen atoms in total. The molecule has 0 bridgehead atoms. The van der Waals surface area contributed by atoms with Crippen LogP contribution in [-0.4, -0.2) is 5.88 Å². The maximum atomic E-state index is 6.23. The second kappa shape index (κ2) is 6.65. The van der Waals surface area contributed by atoms with Gasteiger partial charge in [0.15, 0.2) is 0 Å². The Bertz CT molecular complexity index is 543. The first kappa shape index (κ1) is 14.7. The van der Waals surface area contributed by atoms with Crippen molar-refractivity contribution in [2.24, 2.45) is 0 Å². The van der Waals surface area contributed by atoms with Crippen molar-refractivity contribution in [2.75, 3.05) is 5.88 Å². The second-order valence-corrected chi connectivity index (χ2v) is 5.74. The van der Waals surface area contributed by atoms with Gasteiger partial charge in [0.2, 0.25) is 0 Å². The molecule has 2 aromatic rings. The first-order valence-corrected chi connectivity index (χ1v) is 7.47. The van der Waals surface area contributed by atoms with Gasteiger partial charge in [0.1, 0.15) is 0 Å². The van der Waals surface area contributed by atoms with Gasteiger partial charge < -0.3 is 0 Å². The lowest BCUT2D eigenvalue weighted by Crippen LogP contribution is -2.07. The maximum Gasteiger partial charge on any atom is 0.0453 e. The number of hydrogen-bond acceptors (Lipinski definition) is 0. The van der Waals surface area contributed by atoms with Crippen LogP contribution < -0.4 is 0 Å². The summed E-state index contributed by atoms with van der Waals surface area (Å²) in [5.74, 6) is 0.770. The van der Waals surface area contributed by atoms with Crippen LogP contribution in [0.5, 0.6) is 0 Å². The van der Waals surface area contributed by atoms with Crippen LogP contribution in [0.3, 0.4) is 0 Å². The van der Waals surface area contributed by atoms with Gasteiger partial charge in [-0.1, -0.05) is 53.5 Å². The Kier molecular flexibility index (Phi) is 5.15. The molecule has 0 N–H and O–H groups in total. The zero-order valence-electron chi connectivity index (χ0n) is 10.7. The Morgan fingerprint density at radius 2 is 1.58 bits per heavy atom.